The van der Waals surface area contributed by atoms with Gasteiger partial charge in [-0.25, -0.2) is 4.79 Å². The number of hydrogen-bond acceptors (Lipinski definition) is 1. The first-order chi connectivity index (χ1) is 5.24. The first-order valence-electron chi connectivity index (χ1n) is 4.20. The van der Waals surface area contributed by atoms with E-state index in [1.165, 1.54) is 6.42 Å². The van der Waals surface area contributed by atoms with Crippen LogP contribution in [0.4, 0.5) is 4.79 Å². The molecule has 3 nitrogen and oxygen atoms in total. The van der Waals surface area contributed by atoms with Gasteiger partial charge in [-0.15, -0.1) is 0 Å². The number of carbonyl (C=O) groups excluding carboxylic acids is 1. The van der Waals surface area contributed by atoms with Crippen molar-refractivity contribution in [2.75, 3.05) is 20.1 Å². The van der Waals surface area contributed by atoms with E-state index in [4.69, 9.17) is 0 Å². The van der Waals surface area contributed by atoms with E-state index in [1.807, 2.05) is 4.90 Å². The van der Waals surface area contributed by atoms with Crippen LogP contribution in [0.3, 0.4) is 0 Å². The van der Waals surface area contributed by atoms with Crippen LogP contribution >= 0.6 is 0 Å². The fourth-order valence-corrected chi connectivity index (χ4v) is 1.53. The molecule has 1 aliphatic rings. The van der Waals surface area contributed by atoms with E-state index in [-0.39, 0.29) is 13.5 Å². The highest BCUT2D eigenvalue weighted by Crippen LogP contribution is 2.14. The monoisotopic (exact) mass is 172 g/mol. The van der Waals surface area contributed by atoms with Crippen LogP contribution in [-0.2, 0) is 0 Å². The van der Waals surface area contributed by atoms with Gasteiger partial charge in [-0.05, 0) is 18.8 Å². The fraction of sp³-hybridized carbons (Fsp3) is 0.889. The number of hydrogen-bond donors (Lipinski definition) is 1. The maximum atomic E-state index is 11.1. The molecule has 3 heteroatoms. The van der Waals surface area contributed by atoms with Gasteiger partial charge in [0.1, 0.15) is 0 Å². The minimum Gasteiger partial charge on any atom is -0.341 e. The van der Waals surface area contributed by atoms with Gasteiger partial charge in [0, 0.05) is 20.1 Å². The van der Waals surface area contributed by atoms with E-state index in [0.717, 1.165) is 19.5 Å². The van der Waals surface area contributed by atoms with Crippen LogP contribution in [0.25, 0.3) is 0 Å². The number of likely N-dealkylation sites (tertiary alicyclic amines) is 1. The molecule has 1 aliphatic heterocycles. The standard InChI is InChI=1S/C8H16N2O.CH4/c1-7-4-3-5-10(6-7)8(11)9-2;/h7H,3-6H2,1-2H3,(H,9,11);1H4. The first-order valence-corrected chi connectivity index (χ1v) is 4.20. The maximum Gasteiger partial charge on any atom is 0.317 e. The average molecular weight is 172 g/mol. The molecular formula is C9H20N2O. The minimum atomic E-state index is 0. The highest BCUT2D eigenvalue weighted by atomic mass is 16.2. The Balaban J connectivity index is 0.00000121. The molecule has 1 atom stereocenters. The largest absolute Gasteiger partial charge is 0.341 e. The minimum absolute atomic E-state index is 0. The van der Waals surface area contributed by atoms with Crippen LogP contribution in [0, 0.1) is 5.92 Å². The predicted octanol–water partition coefficient (Wildman–Crippen LogP) is 1.69. The van der Waals surface area contributed by atoms with Crippen molar-refractivity contribution < 1.29 is 4.79 Å². The van der Waals surface area contributed by atoms with Crippen LogP contribution in [-0.4, -0.2) is 31.1 Å². The summed E-state index contributed by atoms with van der Waals surface area (Å²) < 4.78 is 0. The van der Waals surface area contributed by atoms with Crippen molar-refractivity contribution in [3.05, 3.63) is 0 Å². The van der Waals surface area contributed by atoms with Crippen molar-refractivity contribution in [3.63, 3.8) is 0 Å². The predicted molar refractivity (Wildman–Crippen MR) is 51.2 cm³/mol. The molecule has 2 amide bonds. The van der Waals surface area contributed by atoms with Crippen molar-refractivity contribution >= 4 is 6.03 Å². The summed E-state index contributed by atoms with van der Waals surface area (Å²) in [4.78, 5) is 13.0. The molecule has 0 aromatic rings. The van der Waals surface area contributed by atoms with E-state index < -0.39 is 0 Å². The second-order valence-electron chi connectivity index (χ2n) is 3.25. The number of nitrogens with zero attached hydrogens (tertiary/aromatic N) is 1. The molecule has 0 saturated carbocycles. The lowest BCUT2D eigenvalue weighted by atomic mass is 10.0. The molecule has 0 aliphatic carbocycles. The number of nitrogens with one attached hydrogen (secondary N) is 1. The van der Waals surface area contributed by atoms with Crippen LogP contribution in [0.15, 0.2) is 0 Å². The van der Waals surface area contributed by atoms with E-state index in [1.54, 1.807) is 7.05 Å². The Morgan fingerprint density at radius 3 is 2.75 bits per heavy atom. The van der Waals surface area contributed by atoms with Gasteiger partial charge in [-0.3, -0.25) is 0 Å². The highest BCUT2D eigenvalue weighted by Gasteiger charge is 2.19. The summed E-state index contributed by atoms with van der Waals surface area (Å²) in [7, 11) is 1.68. The van der Waals surface area contributed by atoms with Gasteiger partial charge in [0.25, 0.3) is 0 Å². The molecule has 1 saturated heterocycles. The zero-order chi connectivity index (χ0) is 8.27. The van der Waals surface area contributed by atoms with Crippen molar-refractivity contribution in [2.24, 2.45) is 5.92 Å². The fourth-order valence-electron chi connectivity index (χ4n) is 1.53. The quantitative estimate of drug-likeness (QED) is 0.592. The number of piperidine rings is 1. The third kappa shape index (κ3) is 2.72. The summed E-state index contributed by atoms with van der Waals surface area (Å²) in [6, 6.07) is 0.0663. The Morgan fingerprint density at radius 2 is 2.25 bits per heavy atom. The third-order valence-electron chi connectivity index (χ3n) is 2.16. The Labute approximate surface area is 75.1 Å². The molecule has 0 radical (unpaired) electrons. The van der Waals surface area contributed by atoms with E-state index in [9.17, 15) is 4.79 Å². The van der Waals surface area contributed by atoms with Gasteiger partial charge in [0.05, 0.1) is 0 Å². The summed E-state index contributed by atoms with van der Waals surface area (Å²) in [6.07, 6.45) is 2.40. The molecule has 1 heterocycles. The van der Waals surface area contributed by atoms with Gasteiger partial charge in [0.2, 0.25) is 0 Å². The van der Waals surface area contributed by atoms with Crippen molar-refractivity contribution in [3.8, 4) is 0 Å². The topological polar surface area (TPSA) is 32.3 Å². The van der Waals surface area contributed by atoms with Crippen LogP contribution in [0.1, 0.15) is 27.2 Å². The van der Waals surface area contributed by atoms with E-state index in [0.29, 0.717) is 5.92 Å². The lowest BCUT2D eigenvalue weighted by Gasteiger charge is -2.30. The molecule has 0 aromatic heterocycles. The molecular weight excluding hydrogens is 152 g/mol. The van der Waals surface area contributed by atoms with E-state index in [2.05, 4.69) is 12.2 Å². The second-order valence-corrected chi connectivity index (χ2v) is 3.25. The second kappa shape index (κ2) is 5.01. The SMILES string of the molecule is C.CNC(=O)N1CCCC(C)C1. The van der Waals surface area contributed by atoms with Crippen molar-refractivity contribution in [1.82, 2.24) is 10.2 Å². The Hall–Kier alpha value is -0.730. The van der Waals surface area contributed by atoms with Gasteiger partial charge >= 0.3 is 6.03 Å². The van der Waals surface area contributed by atoms with Crippen molar-refractivity contribution in [2.45, 2.75) is 27.2 Å². The molecule has 1 unspecified atom stereocenters. The van der Waals surface area contributed by atoms with Gasteiger partial charge in [0.15, 0.2) is 0 Å². The smallest absolute Gasteiger partial charge is 0.317 e. The van der Waals surface area contributed by atoms with Gasteiger partial charge in [-0.1, -0.05) is 14.4 Å². The number of rotatable bonds is 0. The molecule has 0 spiro atoms. The number of urea groups is 1. The van der Waals surface area contributed by atoms with Gasteiger partial charge in [-0.2, -0.15) is 0 Å². The zero-order valence-corrected chi connectivity index (χ0v) is 7.26. The zero-order valence-electron chi connectivity index (χ0n) is 7.26. The first kappa shape index (κ1) is 11.3. The summed E-state index contributed by atoms with van der Waals surface area (Å²) in [5.74, 6) is 0.668. The summed E-state index contributed by atoms with van der Waals surface area (Å²) in [5.41, 5.74) is 0. The molecule has 1 N–H and O–H groups in total. The normalized spacial score (nSPS) is 22.8. The molecule has 1 rings (SSSR count). The van der Waals surface area contributed by atoms with Crippen LogP contribution in [0.5, 0.6) is 0 Å². The number of carbonyl (C=O) groups is 1. The number of amides is 2. The molecule has 0 bridgehead atoms. The Kier molecular flexibility index (Phi) is 4.71. The maximum absolute atomic E-state index is 11.1. The average Bonchev–Trinajstić information content (AvgIpc) is 2.03. The van der Waals surface area contributed by atoms with Crippen LogP contribution < -0.4 is 5.32 Å². The third-order valence-corrected chi connectivity index (χ3v) is 2.16. The molecule has 0 aromatic carbocycles. The van der Waals surface area contributed by atoms with Gasteiger partial charge < -0.3 is 10.2 Å². The van der Waals surface area contributed by atoms with Crippen LogP contribution in [0.2, 0.25) is 0 Å². The molecule has 1 fully saturated rings. The molecule has 72 valence electrons. The summed E-state index contributed by atoms with van der Waals surface area (Å²) in [6.45, 7) is 4.03. The lowest BCUT2D eigenvalue weighted by molar-refractivity contribution is 0.172. The lowest BCUT2D eigenvalue weighted by Crippen LogP contribution is -2.43. The molecule has 12 heavy (non-hydrogen) atoms. The highest BCUT2D eigenvalue weighted by molar-refractivity contribution is 5.73. The Bertz CT molecular complexity index is 147. The summed E-state index contributed by atoms with van der Waals surface area (Å²) >= 11 is 0. The van der Waals surface area contributed by atoms with Crippen molar-refractivity contribution in [1.29, 1.82) is 0 Å². The summed E-state index contributed by atoms with van der Waals surface area (Å²) in [5, 5.41) is 2.64. The Morgan fingerprint density at radius 1 is 1.58 bits per heavy atom. The van der Waals surface area contributed by atoms with E-state index >= 15 is 0 Å².